The van der Waals surface area contributed by atoms with Crippen molar-refractivity contribution in [3.8, 4) is 0 Å². The molecule has 0 spiro atoms. The Kier molecular flexibility index (Phi) is 7.55. The van der Waals surface area contributed by atoms with Crippen molar-refractivity contribution in [1.29, 1.82) is 0 Å². The van der Waals surface area contributed by atoms with E-state index in [4.69, 9.17) is 16.3 Å². The first-order chi connectivity index (χ1) is 15.1. The monoisotopic (exact) mass is 479 g/mol. The van der Waals surface area contributed by atoms with Crippen LogP contribution >= 0.6 is 11.6 Å². The molecule has 1 heterocycles. The van der Waals surface area contributed by atoms with Gasteiger partial charge in [0.1, 0.15) is 0 Å². The fraction of sp³-hybridized carbons (Fsp3) is 0.364. The maximum atomic E-state index is 13.1. The maximum absolute atomic E-state index is 13.1. The third-order valence-corrected chi connectivity index (χ3v) is 7.30. The number of anilines is 1. The highest BCUT2D eigenvalue weighted by Gasteiger charge is 2.28. The molecule has 0 unspecified atom stereocenters. The van der Waals surface area contributed by atoms with E-state index in [1.54, 1.807) is 25.1 Å². The minimum Gasteiger partial charge on any atom is -0.379 e. The van der Waals surface area contributed by atoms with Crippen molar-refractivity contribution in [3.05, 3.63) is 58.1 Å². The largest absolute Gasteiger partial charge is 0.379 e. The summed E-state index contributed by atoms with van der Waals surface area (Å²) in [5.74, 6) is -0.826. The van der Waals surface area contributed by atoms with Gasteiger partial charge >= 0.3 is 0 Å². The van der Waals surface area contributed by atoms with Crippen LogP contribution in [0.1, 0.15) is 40.1 Å². The van der Waals surface area contributed by atoms with Crippen molar-refractivity contribution in [2.75, 3.05) is 31.6 Å². The maximum Gasteiger partial charge on any atom is 0.255 e. The zero-order chi connectivity index (χ0) is 23.5. The molecule has 0 bridgehead atoms. The first kappa shape index (κ1) is 24.2. The van der Waals surface area contributed by atoms with E-state index in [1.807, 2.05) is 13.8 Å². The van der Waals surface area contributed by atoms with E-state index in [-0.39, 0.29) is 46.2 Å². The molecule has 2 amide bonds. The molecular formula is C22H26ClN3O5S. The molecule has 32 heavy (non-hydrogen) atoms. The minimum atomic E-state index is -3.76. The van der Waals surface area contributed by atoms with Gasteiger partial charge in [0.15, 0.2) is 0 Å². The second-order valence-corrected chi connectivity index (χ2v) is 10.1. The summed E-state index contributed by atoms with van der Waals surface area (Å²) in [6.45, 7) is 6.56. The van der Waals surface area contributed by atoms with Crippen LogP contribution in [0.4, 0.5) is 5.69 Å². The number of amides is 2. The van der Waals surface area contributed by atoms with Crippen LogP contribution < -0.4 is 10.6 Å². The molecule has 3 rings (SSSR count). The average Bonchev–Trinajstić information content (AvgIpc) is 2.75. The Hall–Kier alpha value is -2.46. The Morgan fingerprint density at radius 2 is 1.66 bits per heavy atom. The third-order valence-electron chi connectivity index (χ3n) is 4.93. The summed E-state index contributed by atoms with van der Waals surface area (Å²) in [4.78, 5) is 25.2. The molecule has 0 atom stereocenters. The Labute approximate surface area is 192 Å². The summed E-state index contributed by atoms with van der Waals surface area (Å²) >= 11 is 6.21. The molecule has 2 N–H and O–H groups in total. The minimum absolute atomic E-state index is 0.0457. The molecule has 1 fully saturated rings. The topological polar surface area (TPSA) is 105 Å². The number of morpholine rings is 1. The van der Waals surface area contributed by atoms with Gasteiger partial charge in [-0.2, -0.15) is 4.31 Å². The molecule has 0 radical (unpaired) electrons. The number of hydrogen-bond acceptors (Lipinski definition) is 5. The average molecular weight is 480 g/mol. The molecule has 172 valence electrons. The highest BCUT2D eigenvalue weighted by molar-refractivity contribution is 7.89. The number of aryl methyl sites for hydroxylation is 1. The predicted octanol–water partition coefficient (Wildman–Crippen LogP) is 3.06. The number of nitrogens with one attached hydrogen (secondary N) is 2. The number of ether oxygens (including phenoxy) is 1. The van der Waals surface area contributed by atoms with Crippen LogP contribution in [0.2, 0.25) is 5.02 Å². The Morgan fingerprint density at radius 1 is 1.03 bits per heavy atom. The van der Waals surface area contributed by atoms with Gasteiger partial charge in [-0.1, -0.05) is 17.7 Å². The van der Waals surface area contributed by atoms with Gasteiger partial charge in [0.05, 0.1) is 28.8 Å². The Morgan fingerprint density at radius 3 is 2.31 bits per heavy atom. The summed E-state index contributed by atoms with van der Waals surface area (Å²) in [6.07, 6.45) is 0. The summed E-state index contributed by atoms with van der Waals surface area (Å²) < 4.78 is 32.7. The van der Waals surface area contributed by atoms with E-state index in [9.17, 15) is 18.0 Å². The van der Waals surface area contributed by atoms with E-state index in [1.165, 1.54) is 22.5 Å². The lowest BCUT2D eigenvalue weighted by atomic mass is 10.1. The first-order valence-electron chi connectivity index (χ1n) is 10.2. The lowest BCUT2D eigenvalue weighted by molar-refractivity contribution is 0.0730. The van der Waals surface area contributed by atoms with E-state index < -0.39 is 15.9 Å². The van der Waals surface area contributed by atoms with Gasteiger partial charge in [0, 0.05) is 30.3 Å². The van der Waals surface area contributed by atoms with E-state index in [2.05, 4.69) is 10.6 Å². The molecule has 0 saturated carbocycles. The number of carbonyl (C=O) groups is 2. The molecule has 8 nitrogen and oxygen atoms in total. The van der Waals surface area contributed by atoms with Crippen LogP contribution in [0.3, 0.4) is 0 Å². The molecule has 10 heteroatoms. The molecule has 2 aromatic carbocycles. The predicted molar refractivity (Wildman–Crippen MR) is 123 cm³/mol. The summed E-state index contributed by atoms with van der Waals surface area (Å²) in [7, 11) is -3.76. The molecule has 2 aromatic rings. The van der Waals surface area contributed by atoms with Crippen molar-refractivity contribution in [2.24, 2.45) is 0 Å². The van der Waals surface area contributed by atoms with Gasteiger partial charge in [0.2, 0.25) is 10.0 Å². The molecule has 1 aliphatic heterocycles. The van der Waals surface area contributed by atoms with Crippen LogP contribution in [0.15, 0.2) is 41.3 Å². The molecule has 1 saturated heterocycles. The number of rotatable bonds is 6. The quantitative estimate of drug-likeness (QED) is 0.662. The number of carbonyl (C=O) groups excluding carboxylic acids is 2. The number of benzene rings is 2. The first-order valence-corrected chi connectivity index (χ1v) is 12.0. The number of sulfonamides is 1. The van der Waals surface area contributed by atoms with Crippen molar-refractivity contribution >= 4 is 39.1 Å². The highest BCUT2D eigenvalue weighted by Crippen LogP contribution is 2.26. The number of halogens is 1. The van der Waals surface area contributed by atoms with Gasteiger partial charge in [0.25, 0.3) is 11.8 Å². The third kappa shape index (κ3) is 5.47. The lowest BCUT2D eigenvalue weighted by Gasteiger charge is -2.26. The number of hydrogen-bond donors (Lipinski definition) is 2. The van der Waals surface area contributed by atoms with Crippen molar-refractivity contribution in [1.82, 2.24) is 9.62 Å². The molecule has 0 aromatic heterocycles. The van der Waals surface area contributed by atoms with Gasteiger partial charge in [-0.15, -0.1) is 0 Å². The van der Waals surface area contributed by atoms with Crippen molar-refractivity contribution in [3.63, 3.8) is 0 Å². The fourth-order valence-electron chi connectivity index (χ4n) is 3.25. The molecular weight excluding hydrogens is 454 g/mol. The van der Waals surface area contributed by atoms with Crippen LogP contribution in [-0.2, 0) is 14.8 Å². The smallest absolute Gasteiger partial charge is 0.255 e. The second-order valence-electron chi connectivity index (χ2n) is 7.77. The van der Waals surface area contributed by atoms with E-state index in [0.717, 1.165) is 0 Å². The summed E-state index contributed by atoms with van der Waals surface area (Å²) in [5, 5.41) is 5.71. The van der Waals surface area contributed by atoms with Gasteiger partial charge in [-0.05, 0) is 56.7 Å². The van der Waals surface area contributed by atoms with Crippen LogP contribution in [0.5, 0.6) is 0 Å². The van der Waals surface area contributed by atoms with Gasteiger partial charge in [-0.3, -0.25) is 9.59 Å². The van der Waals surface area contributed by atoms with E-state index >= 15 is 0 Å². The standard InChI is InChI=1S/C22H26ClN3O5S/c1-14(2)24-21(27)16-6-7-18(23)19(12-16)25-22(28)17-5-4-15(3)20(13-17)32(29,30)26-8-10-31-11-9-26/h4-7,12-14H,8-11H2,1-3H3,(H,24,27)(H,25,28). The van der Waals surface area contributed by atoms with Crippen LogP contribution in [0.25, 0.3) is 0 Å². The second kappa shape index (κ2) is 9.99. The summed E-state index contributed by atoms with van der Waals surface area (Å²) in [6, 6.07) is 9.03. The van der Waals surface area contributed by atoms with Crippen LogP contribution in [-0.4, -0.2) is 56.9 Å². The fourth-order valence-corrected chi connectivity index (χ4v) is 5.07. The van der Waals surface area contributed by atoms with E-state index in [0.29, 0.717) is 24.3 Å². The van der Waals surface area contributed by atoms with Crippen LogP contribution in [0, 0.1) is 6.92 Å². The number of nitrogens with zero attached hydrogens (tertiary/aromatic N) is 1. The molecule has 0 aliphatic carbocycles. The normalized spacial score (nSPS) is 14.9. The highest BCUT2D eigenvalue weighted by atomic mass is 35.5. The Balaban J connectivity index is 1.86. The van der Waals surface area contributed by atoms with Gasteiger partial charge < -0.3 is 15.4 Å². The zero-order valence-corrected chi connectivity index (χ0v) is 19.7. The zero-order valence-electron chi connectivity index (χ0n) is 18.1. The lowest BCUT2D eigenvalue weighted by Crippen LogP contribution is -2.40. The van der Waals surface area contributed by atoms with Crippen molar-refractivity contribution in [2.45, 2.75) is 31.7 Å². The van der Waals surface area contributed by atoms with Crippen molar-refractivity contribution < 1.29 is 22.7 Å². The van der Waals surface area contributed by atoms with Gasteiger partial charge in [-0.25, -0.2) is 8.42 Å². The molecule has 1 aliphatic rings. The summed E-state index contributed by atoms with van der Waals surface area (Å²) in [5.41, 5.74) is 1.30. The Bertz CT molecular complexity index is 1130. The SMILES string of the molecule is Cc1ccc(C(=O)Nc2cc(C(=O)NC(C)C)ccc2Cl)cc1S(=O)(=O)N1CCOCC1.